The maximum Gasteiger partial charge on any atom is 0.321 e. The maximum absolute atomic E-state index is 12.2. The van der Waals surface area contributed by atoms with Crippen molar-refractivity contribution in [3.63, 3.8) is 0 Å². The van der Waals surface area contributed by atoms with E-state index >= 15 is 0 Å². The van der Waals surface area contributed by atoms with Gasteiger partial charge in [-0.3, -0.25) is 4.79 Å². The molecule has 1 heterocycles. The number of aliphatic carboxylic acids is 1. The minimum Gasteiger partial charge on any atom is -0.481 e. The molecule has 5 heteroatoms. The first-order valence-corrected chi connectivity index (χ1v) is 7.02. The molecular formula is C15H20N2O3. The van der Waals surface area contributed by atoms with Crippen LogP contribution in [0.5, 0.6) is 0 Å². The summed E-state index contributed by atoms with van der Waals surface area (Å²) in [5, 5.41) is 11.7. The van der Waals surface area contributed by atoms with Crippen molar-refractivity contribution in [3.8, 4) is 0 Å². The molecule has 0 saturated carbocycles. The molecule has 1 aliphatic rings. The van der Waals surface area contributed by atoms with Crippen molar-refractivity contribution in [1.82, 2.24) is 4.90 Å². The number of likely N-dealkylation sites (tertiary alicyclic amines) is 1. The summed E-state index contributed by atoms with van der Waals surface area (Å²) < 4.78 is 0. The van der Waals surface area contributed by atoms with Crippen LogP contribution in [0, 0.1) is 0 Å². The number of urea groups is 1. The Morgan fingerprint density at radius 2 is 1.75 bits per heavy atom. The summed E-state index contributed by atoms with van der Waals surface area (Å²) in [6.45, 7) is 1.54. The van der Waals surface area contributed by atoms with Gasteiger partial charge in [-0.05, 0) is 24.5 Å². The number of hydrogen-bond donors (Lipinski definition) is 2. The molecule has 1 aromatic carbocycles. The van der Waals surface area contributed by atoms with E-state index < -0.39 is 5.97 Å². The van der Waals surface area contributed by atoms with Crippen molar-refractivity contribution in [1.29, 1.82) is 0 Å². The van der Waals surface area contributed by atoms with Gasteiger partial charge in [0.2, 0.25) is 0 Å². The number of carboxylic acid groups (broad SMARTS) is 1. The van der Waals surface area contributed by atoms with E-state index in [-0.39, 0.29) is 12.5 Å². The van der Waals surface area contributed by atoms with Gasteiger partial charge in [-0.1, -0.05) is 31.0 Å². The quantitative estimate of drug-likeness (QED) is 0.891. The SMILES string of the molecule is O=C(O)Cc1ccccc1NC(=O)N1CCCCCC1. The molecule has 5 nitrogen and oxygen atoms in total. The molecule has 2 amide bonds. The number of rotatable bonds is 3. The molecule has 0 bridgehead atoms. The van der Waals surface area contributed by atoms with Crippen LogP contribution in [0.2, 0.25) is 0 Å². The average Bonchev–Trinajstić information content (AvgIpc) is 2.69. The lowest BCUT2D eigenvalue weighted by Gasteiger charge is -2.21. The van der Waals surface area contributed by atoms with E-state index in [2.05, 4.69) is 5.32 Å². The smallest absolute Gasteiger partial charge is 0.321 e. The second-order valence-corrected chi connectivity index (χ2v) is 5.06. The van der Waals surface area contributed by atoms with Crippen LogP contribution in [-0.2, 0) is 11.2 Å². The van der Waals surface area contributed by atoms with Gasteiger partial charge >= 0.3 is 12.0 Å². The average molecular weight is 276 g/mol. The Labute approximate surface area is 118 Å². The number of nitrogens with zero attached hydrogens (tertiary/aromatic N) is 1. The van der Waals surface area contributed by atoms with Gasteiger partial charge in [-0.25, -0.2) is 4.79 Å². The fourth-order valence-electron chi connectivity index (χ4n) is 2.43. The van der Waals surface area contributed by atoms with E-state index in [0.717, 1.165) is 25.9 Å². The molecule has 1 saturated heterocycles. The fourth-order valence-corrected chi connectivity index (χ4v) is 2.43. The van der Waals surface area contributed by atoms with Crippen molar-refractivity contribution in [3.05, 3.63) is 29.8 Å². The van der Waals surface area contributed by atoms with E-state index in [1.807, 2.05) is 4.90 Å². The second kappa shape index (κ2) is 6.93. The zero-order valence-corrected chi connectivity index (χ0v) is 11.5. The van der Waals surface area contributed by atoms with E-state index in [1.54, 1.807) is 24.3 Å². The van der Waals surface area contributed by atoms with Crippen molar-refractivity contribution in [2.45, 2.75) is 32.1 Å². The van der Waals surface area contributed by atoms with Gasteiger partial charge in [-0.2, -0.15) is 0 Å². The highest BCUT2D eigenvalue weighted by Crippen LogP contribution is 2.17. The monoisotopic (exact) mass is 276 g/mol. The summed E-state index contributed by atoms with van der Waals surface area (Å²) in [4.78, 5) is 24.9. The number of para-hydroxylation sites is 1. The van der Waals surface area contributed by atoms with Crippen molar-refractivity contribution < 1.29 is 14.7 Å². The van der Waals surface area contributed by atoms with Crippen LogP contribution in [0.25, 0.3) is 0 Å². The number of carbonyl (C=O) groups excluding carboxylic acids is 1. The summed E-state index contributed by atoms with van der Waals surface area (Å²) in [7, 11) is 0. The van der Waals surface area contributed by atoms with Crippen LogP contribution in [0.3, 0.4) is 0 Å². The van der Waals surface area contributed by atoms with Gasteiger partial charge in [0.05, 0.1) is 6.42 Å². The molecule has 0 aromatic heterocycles. The van der Waals surface area contributed by atoms with E-state index in [4.69, 9.17) is 5.11 Å². The first-order chi connectivity index (χ1) is 9.66. The van der Waals surface area contributed by atoms with Crippen LogP contribution in [0.4, 0.5) is 10.5 Å². The number of benzene rings is 1. The van der Waals surface area contributed by atoms with Gasteiger partial charge in [-0.15, -0.1) is 0 Å². The predicted molar refractivity (Wildman–Crippen MR) is 76.8 cm³/mol. The maximum atomic E-state index is 12.2. The topological polar surface area (TPSA) is 69.6 Å². The third kappa shape index (κ3) is 3.98. The molecule has 108 valence electrons. The summed E-state index contributed by atoms with van der Waals surface area (Å²) in [6.07, 6.45) is 4.31. The summed E-state index contributed by atoms with van der Waals surface area (Å²) >= 11 is 0. The molecule has 2 N–H and O–H groups in total. The van der Waals surface area contributed by atoms with Crippen molar-refractivity contribution in [2.24, 2.45) is 0 Å². The molecule has 0 aliphatic carbocycles. The van der Waals surface area contributed by atoms with Crippen LogP contribution in [0.1, 0.15) is 31.2 Å². The zero-order valence-electron chi connectivity index (χ0n) is 11.5. The number of carboxylic acids is 1. The number of nitrogens with one attached hydrogen (secondary N) is 1. The van der Waals surface area contributed by atoms with Gasteiger partial charge in [0.1, 0.15) is 0 Å². The minimum atomic E-state index is -0.901. The molecule has 0 radical (unpaired) electrons. The van der Waals surface area contributed by atoms with Crippen LogP contribution < -0.4 is 5.32 Å². The van der Waals surface area contributed by atoms with E-state index in [0.29, 0.717) is 11.3 Å². The lowest BCUT2D eigenvalue weighted by atomic mass is 10.1. The lowest BCUT2D eigenvalue weighted by molar-refractivity contribution is -0.136. The first kappa shape index (κ1) is 14.4. The molecule has 20 heavy (non-hydrogen) atoms. The Morgan fingerprint density at radius 1 is 1.10 bits per heavy atom. The summed E-state index contributed by atoms with van der Waals surface area (Å²) in [6, 6.07) is 6.91. The highest BCUT2D eigenvalue weighted by Gasteiger charge is 2.16. The summed E-state index contributed by atoms with van der Waals surface area (Å²) in [5.74, 6) is -0.901. The number of amides is 2. The van der Waals surface area contributed by atoms with Crippen LogP contribution >= 0.6 is 0 Å². The van der Waals surface area contributed by atoms with Gasteiger partial charge < -0.3 is 15.3 Å². The molecule has 1 aromatic rings. The Morgan fingerprint density at radius 3 is 2.40 bits per heavy atom. The van der Waals surface area contributed by atoms with Crippen molar-refractivity contribution >= 4 is 17.7 Å². The molecule has 2 rings (SSSR count). The Hall–Kier alpha value is -2.04. The molecular weight excluding hydrogens is 256 g/mol. The second-order valence-electron chi connectivity index (χ2n) is 5.06. The highest BCUT2D eigenvalue weighted by molar-refractivity contribution is 5.91. The van der Waals surface area contributed by atoms with E-state index in [9.17, 15) is 9.59 Å². The molecule has 0 unspecified atom stereocenters. The van der Waals surface area contributed by atoms with Gasteiger partial charge in [0.15, 0.2) is 0 Å². The van der Waals surface area contributed by atoms with Crippen LogP contribution in [-0.4, -0.2) is 35.1 Å². The lowest BCUT2D eigenvalue weighted by Crippen LogP contribution is -2.35. The fraction of sp³-hybridized carbons (Fsp3) is 0.467. The number of hydrogen-bond acceptors (Lipinski definition) is 2. The first-order valence-electron chi connectivity index (χ1n) is 7.02. The molecule has 1 aliphatic heterocycles. The predicted octanol–water partition coefficient (Wildman–Crippen LogP) is 2.72. The third-order valence-corrected chi connectivity index (χ3v) is 3.49. The van der Waals surface area contributed by atoms with Crippen molar-refractivity contribution in [2.75, 3.05) is 18.4 Å². The van der Waals surface area contributed by atoms with Gasteiger partial charge in [0.25, 0.3) is 0 Å². The summed E-state index contributed by atoms with van der Waals surface area (Å²) in [5.41, 5.74) is 1.22. The molecule has 0 atom stereocenters. The molecule has 1 fully saturated rings. The Balaban J connectivity index is 2.04. The standard InChI is InChI=1S/C15H20N2O3/c18-14(19)11-12-7-3-4-8-13(12)16-15(20)17-9-5-1-2-6-10-17/h3-4,7-8H,1-2,5-6,9-11H2,(H,16,20)(H,18,19). The number of carbonyl (C=O) groups is 2. The number of anilines is 1. The third-order valence-electron chi connectivity index (χ3n) is 3.49. The van der Waals surface area contributed by atoms with Crippen LogP contribution in [0.15, 0.2) is 24.3 Å². The van der Waals surface area contributed by atoms with E-state index in [1.165, 1.54) is 12.8 Å². The molecule has 0 spiro atoms. The normalized spacial score (nSPS) is 15.5. The Kier molecular flexibility index (Phi) is 4.98. The highest BCUT2D eigenvalue weighted by atomic mass is 16.4. The van der Waals surface area contributed by atoms with Gasteiger partial charge in [0, 0.05) is 18.8 Å². The Bertz CT molecular complexity index is 480. The largest absolute Gasteiger partial charge is 0.481 e. The zero-order chi connectivity index (χ0) is 14.4. The minimum absolute atomic E-state index is 0.0869.